The zero-order chi connectivity index (χ0) is 14.1. The second-order valence-electron chi connectivity index (χ2n) is 4.20. The van der Waals surface area contributed by atoms with Crippen LogP contribution in [-0.2, 0) is 16.1 Å². The Kier molecular flexibility index (Phi) is 6.92. The Bertz CT molecular complexity index is 396. The quantitative estimate of drug-likeness (QED) is 0.687. The van der Waals surface area contributed by atoms with Crippen molar-refractivity contribution >= 4 is 5.91 Å². The van der Waals surface area contributed by atoms with Crippen molar-refractivity contribution in [3.05, 3.63) is 29.8 Å². The van der Waals surface area contributed by atoms with Gasteiger partial charge in [0, 0.05) is 25.8 Å². The van der Waals surface area contributed by atoms with Gasteiger partial charge < -0.3 is 20.1 Å². The molecule has 0 saturated heterocycles. The molecule has 106 valence electrons. The van der Waals surface area contributed by atoms with Crippen LogP contribution < -0.4 is 15.4 Å². The number of carbonyl (C=O) groups excluding carboxylic acids is 1. The molecule has 0 saturated carbocycles. The first-order chi connectivity index (χ1) is 9.19. The molecular weight excluding hydrogens is 244 g/mol. The fourth-order valence-electron chi connectivity index (χ4n) is 1.63. The van der Waals surface area contributed by atoms with Gasteiger partial charge in [-0.3, -0.25) is 4.79 Å². The molecule has 0 radical (unpaired) electrons. The van der Waals surface area contributed by atoms with Crippen LogP contribution in [0.15, 0.2) is 24.3 Å². The molecule has 1 unspecified atom stereocenters. The average Bonchev–Trinajstić information content (AvgIpc) is 2.45. The minimum absolute atomic E-state index is 0.0352. The number of benzene rings is 1. The number of amides is 1. The molecular formula is C14H22N2O3. The molecule has 0 aliphatic heterocycles. The molecule has 19 heavy (non-hydrogen) atoms. The Morgan fingerprint density at radius 1 is 1.32 bits per heavy atom. The summed E-state index contributed by atoms with van der Waals surface area (Å²) in [5.41, 5.74) is 1.03. The summed E-state index contributed by atoms with van der Waals surface area (Å²) in [6.07, 6.45) is 0. The minimum Gasteiger partial charge on any atom is -0.496 e. The molecule has 0 aliphatic rings. The maximum Gasteiger partial charge on any atom is 0.236 e. The molecule has 0 spiro atoms. The molecule has 5 heteroatoms. The maximum atomic E-state index is 11.7. The Balaban J connectivity index is 2.40. The smallest absolute Gasteiger partial charge is 0.236 e. The van der Waals surface area contributed by atoms with Crippen molar-refractivity contribution in [2.24, 2.45) is 0 Å². The van der Waals surface area contributed by atoms with Gasteiger partial charge in [0.15, 0.2) is 0 Å². The molecule has 1 aromatic carbocycles. The first-order valence-corrected chi connectivity index (χ1v) is 6.31. The third-order valence-electron chi connectivity index (χ3n) is 2.79. The first-order valence-electron chi connectivity index (χ1n) is 6.31. The lowest BCUT2D eigenvalue weighted by Gasteiger charge is -2.15. The Labute approximate surface area is 114 Å². The van der Waals surface area contributed by atoms with Crippen molar-refractivity contribution in [3.63, 3.8) is 0 Å². The van der Waals surface area contributed by atoms with Crippen LogP contribution in [0.4, 0.5) is 0 Å². The Morgan fingerprint density at radius 3 is 2.74 bits per heavy atom. The Hall–Kier alpha value is -1.59. The number of hydrogen-bond donors (Lipinski definition) is 2. The lowest BCUT2D eigenvalue weighted by molar-refractivity contribution is -0.122. The van der Waals surface area contributed by atoms with E-state index in [9.17, 15) is 4.79 Å². The molecule has 5 nitrogen and oxygen atoms in total. The fraction of sp³-hybridized carbons (Fsp3) is 0.500. The van der Waals surface area contributed by atoms with Crippen LogP contribution in [0.1, 0.15) is 12.5 Å². The third-order valence-corrected chi connectivity index (χ3v) is 2.79. The number of para-hydroxylation sites is 1. The van der Waals surface area contributed by atoms with E-state index in [2.05, 4.69) is 10.6 Å². The highest BCUT2D eigenvalue weighted by molar-refractivity contribution is 5.81. The second-order valence-corrected chi connectivity index (χ2v) is 4.20. The van der Waals surface area contributed by atoms with Gasteiger partial charge in [0.2, 0.25) is 5.91 Å². The molecule has 1 amide bonds. The second kappa shape index (κ2) is 8.50. The van der Waals surface area contributed by atoms with Crippen LogP contribution in [0.3, 0.4) is 0 Å². The number of methoxy groups -OCH3 is 2. The molecule has 0 aliphatic carbocycles. The van der Waals surface area contributed by atoms with Gasteiger partial charge in [-0.15, -0.1) is 0 Å². The predicted octanol–water partition coefficient (Wildman–Crippen LogP) is 0.936. The van der Waals surface area contributed by atoms with Gasteiger partial charge in [0.05, 0.1) is 19.8 Å². The van der Waals surface area contributed by atoms with E-state index in [0.717, 1.165) is 11.3 Å². The van der Waals surface area contributed by atoms with E-state index in [1.54, 1.807) is 14.2 Å². The van der Waals surface area contributed by atoms with Crippen molar-refractivity contribution in [1.82, 2.24) is 10.6 Å². The largest absolute Gasteiger partial charge is 0.496 e. The number of nitrogens with one attached hydrogen (secondary N) is 2. The van der Waals surface area contributed by atoms with Crippen LogP contribution in [0.5, 0.6) is 5.75 Å². The zero-order valence-electron chi connectivity index (χ0n) is 11.7. The minimum atomic E-state index is -0.262. The average molecular weight is 266 g/mol. The monoisotopic (exact) mass is 266 g/mol. The normalized spacial score (nSPS) is 11.9. The molecule has 1 rings (SSSR count). The maximum absolute atomic E-state index is 11.7. The van der Waals surface area contributed by atoms with Crippen molar-refractivity contribution in [2.45, 2.75) is 19.5 Å². The van der Waals surface area contributed by atoms with Crippen LogP contribution >= 0.6 is 0 Å². The summed E-state index contributed by atoms with van der Waals surface area (Å²) in [4.78, 5) is 11.7. The van der Waals surface area contributed by atoms with E-state index < -0.39 is 0 Å². The third kappa shape index (κ3) is 5.28. The Morgan fingerprint density at radius 2 is 2.05 bits per heavy atom. The summed E-state index contributed by atoms with van der Waals surface area (Å²) in [6, 6.07) is 7.48. The molecule has 0 aromatic heterocycles. The van der Waals surface area contributed by atoms with Crippen molar-refractivity contribution in [3.8, 4) is 5.75 Å². The summed E-state index contributed by atoms with van der Waals surface area (Å²) in [5, 5.41) is 5.96. The van der Waals surface area contributed by atoms with E-state index in [4.69, 9.17) is 9.47 Å². The summed E-state index contributed by atoms with van der Waals surface area (Å²) in [7, 11) is 3.25. The van der Waals surface area contributed by atoms with Gasteiger partial charge in [-0.05, 0) is 13.0 Å². The lowest BCUT2D eigenvalue weighted by Crippen LogP contribution is -2.42. The SMILES string of the molecule is COCCNC(=O)C(C)NCc1ccccc1OC. The standard InChI is InChI=1S/C14H22N2O3/c1-11(14(17)15-8-9-18-2)16-10-12-6-4-5-7-13(12)19-3/h4-7,11,16H,8-10H2,1-3H3,(H,15,17). The fourth-order valence-corrected chi connectivity index (χ4v) is 1.63. The number of carbonyl (C=O) groups is 1. The summed E-state index contributed by atoms with van der Waals surface area (Å²) < 4.78 is 10.1. The highest BCUT2D eigenvalue weighted by atomic mass is 16.5. The molecule has 2 N–H and O–H groups in total. The van der Waals surface area contributed by atoms with E-state index in [1.807, 2.05) is 31.2 Å². The van der Waals surface area contributed by atoms with E-state index in [1.165, 1.54) is 0 Å². The first kappa shape index (κ1) is 15.5. The van der Waals surface area contributed by atoms with Gasteiger partial charge in [-0.2, -0.15) is 0 Å². The van der Waals surface area contributed by atoms with Gasteiger partial charge in [0.1, 0.15) is 5.75 Å². The topological polar surface area (TPSA) is 59.6 Å². The van der Waals surface area contributed by atoms with Gasteiger partial charge in [0.25, 0.3) is 0 Å². The van der Waals surface area contributed by atoms with Crippen LogP contribution in [-0.4, -0.2) is 39.3 Å². The lowest BCUT2D eigenvalue weighted by atomic mass is 10.2. The summed E-state index contributed by atoms with van der Waals surface area (Å²) in [6.45, 7) is 3.46. The van der Waals surface area contributed by atoms with Crippen molar-refractivity contribution in [2.75, 3.05) is 27.4 Å². The summed E-state index contributed by atoms with van der Waals surface area (Å²) in [5.74, 6) is 0.786. The number of rotatable bonds is 8. The van der Waals surface area contributed by atoms with Crippen molar-refractivity contribution in [1.29, 1.82) is 0 Å². The van der Waals surface area contributed by atoms with Gasteiger partial charge in [-0.1, -0.05) is 18.2 Å². The van der Waals surface area contributed by atoms with E-state index >= 15 is 0 Å². The van der Waals surface area contributed by atoms with Gasteiger partial charge in [-0.25, -0.2) is 0 Å². The summed E-state index contributed by atoms with van der Waals surface area (Å²) >= 11 is 0. The van der Waals surface area contributed by atoms with Gasteiger partial charge >= 0.3 is 0 Å². The molecule has 0 bridgehead atoms. The van der Waals surface area contributed by atoms with Crippen molar-refractivity contribution < 1.29 is 14.3 Å². The van der Waals surface area contributed by atoms with E-state index in [-0.39, 0.29) is 11.9 Å². The predicted molar refractivity (Wildman–Crippen MR) is 74.2 cm³/mol. The molecule has 1 atom stereocenters. The number of ether oxygens (including phenoxy) is 2. The zero-order valence-corrected chi connectivity index (χ0v) is 11.7. The molecule has 0 fully saturated rings. The highest BCUT2D eigenvalue weighted by Gasteiger charge is 2.12. The highest BCUT2D eigenvalue weighted by Crippen LogP contribution is 2.16. The molecule has 1 aromatic rings. The van der Waals surface area contributed by atoms with E-state index in [0.29, 0.717) is 19.7 Å². The molecule has 0 heterocycles. The van der Waals surface area contributed by atoms with Crippen LogP contribution in [0.25, 0.3) is 0 Å². The van der Waals surface area contributed by atoms with Crippen LogP contribution in [0, 0.1) is 0 Å². The number of hydrogen-bond acceptors (Lipinski definition) is 4. The van der Waals surface area contributed by atoms with Crippen LogP contribution in [0.2, 0.25) is 0 Å².